The molecule has 0 heterocycles. The lowest BCUT2D eigenvalue weighted by molar-refractivity contribution is 0.364. The molecule has 0 unspecified atom stereocenters. The molecule has 0 aliphatic heterocycles. The highest BCUT2D eigenvalue weighted by molar-refractivity contribution is 9.10. The van der Waals surface area contributed by atoms with Crippen molar-refractivity contribution in [1.82, 2.24) is 0 Å². The summed E-state index contributed by atoms with van der Waals surface area (Å²) in [6.07, 6.45) is 9.67. The van der Waals surface area contributed by atoms with Gasteiger partial charge in [-0.15, -0.1) is 0 Å². The monoisotopic (exact) mass is 880 g/mol. The van der Waals surface area contributed by atoms with Crippen LogP contribution in [0, 0.1) is 23.7 Å². The molecule has 3 aliphatic rings. The minimum Gasteiger partial charge on any atom is -0.0628 e. The Morgan fingerprint density at radius 2 is 0.661 bits per heavy atom. The average molecular weight is 882 g/mol. The molecule has 0 radical (unpaired) electrons. The quantitative estimate of drug-likeness (QED) is 0.102. The molecule has 0 atom stereocenters. The third-order valence-electron chi connectivity index (χ3n) is 15.5. The van der Waals surface area contributed by atoms with Gasteiger partial charge >= 0.3 is 0 Å². The lowest BCUT2D eigenvalue weighted by Gasteiger charge is -2.34. The van der Waals surface area contributed by atoms with Gasteiger partial charge in [-0.05, 0) is 200 Å². The fraction of sp³-hybridized carbons (Fsp3) is 0.410. The van der Waals surface area contributed by atoms with Crippen molar-refractivity contribution < 1.29 is 0 Å². The molecule has 3 aliphatic carbocycles. The van der Waals surface area contributed by atoms with Gasteiger partial charge in [0.25, 0.3) is 0 Å². The van der Waals surface area contributed by atoms with E-state index in [1.807, 2.05) is 0 Å². The second-order valence-corrected chi connectivity index (χ2v) is 22.7. The molecule has 62 heavy (non-hydrogen) atoms. The maximum atomic E-state index is 3.88. The predicted molar refractivity (Wildman–Crippen MR) is 271 cm³/mol. The van der Waals surface area contributed by atoms with Crippen LogP contribution in [-0.4, -0.2) is 0 Å². The second kappa shape index (κ2) is 16.4. The molecular formula is C61H69Br. The minimum atomic E-state index is -0.126. The summed E-state index contributed by atoms with van der Waals surface area (Å²) in [5, 5.41) is 0. The van der Waals surface area contributed by atoms with Crippen molar-refractivity contribution in [3.8, 4) is 55.6 Å². The number of hydrogen-bond acceptors (Lipinski definition) is 0. The SMILES string of the molecule is CC(C)CCC1(CCC(C)C)c2ccccc2-c2ccc(-c3ccc4c(c3)C(C)(C)c3cc(-c5ccc6c(c5)C(CCC(C)C)(CCC(C)C)c5cc(Br)ccc5-6)ccc3-4)cc21. The molecule has 1 heteroatoms. The van der Waals surface area contributed by atoms with Crippen LogP contribution in [0.5, 0.6) is 0 Å². The predicted octanol–water partition coefficient (Wildman–Crippen LogP) is 18.4. The van der Waals surface area contributed by atoms with Crippen LogP contribution in [0.1, 0.15) is 154 Å². The van der Waals surface area contributed by atoms with Crippen LogP contribution in [0.15, 0.2) is 120 Å². The molecular weight excluding hydrogens is 813 g/mol. The number of fused-ring (bicyclic) bond motifs is 9. The third kappa shape index (κ3) is 7.27. The van der Waals surface area contributed by atoms with E-state index in [9.17, 15) is 0 Å². The highest BCUT2D eigenvalue weighted by Gasteiger charge is 2.45. The molecule has 0 N–H and O–H groups in total. The lowest BCUT2D eigenvalue weighted by atomic mass is 9.69. The van der Waals surface area contributed by atoms with Gasteiger partial charge < -0.3 is 0 Å². The molecule has 0 amide bonds. The Bertz CT molecular complexity index is 2620. The van der Waals surface area contributed by atoms with Crippen LogP contribution in [0.25, 0.3) is 55.6 Å². The highest BCUT2D eigenvalue weighted by Crippen LogP contribution is 2.58. The van der Waals surface area contributed by atoms with Crippen molar-refractivity contribution in [3.63, 3.8) is 0 Å². The van der Waals surface area contributed by atoms with E-state index in [-0.39, 0.29) is 16.2 Å². The van der Waals surface area contributed by atoms with E-state index in [1.165, 1.54) is 134 Å². The Hall–Kier alpha value is -4.20. The maximum absolute atomic E-state index is 3.88. The molecule has 0 bridgehead atoms. The summed E-state index contributed by atoms with van der Waals surface area (Å²) in [4.78, 5) is 0. The Kier molecular flexibility index (Phi) is 11.4. The number of rotatable bonds is 14. The van der Waals surface area contributed by atoms with Gasteiger partial charge in [-0.2, -0.15) is 0 Å². The van der Waals surface area contributed by atoms with Crippen molar-refractivity contribution in [2.45, 2.75) is 137 Å². The van der Waals surface area contributed by atoms with Gasteiger partial charge in [-0.1, -0.05) is 164 Å². The van der Waals surface area contributed by atoms with Crippen LogP contribution < -0.4 is 0 Å². The molecule has 0 aromatic heterocycles. The zero-order valence-corrected chi connectivity index (χ0v) is 40.9. The maximum Gasteiger partial charge on any atom is 0.0216 e. The van der Waals surface area contributed by atoms with E-state index < -0.39 is 0 Å². The first kappa shape index (κ1) is 43.1. The van der Waals surface area contributed by atoms with Crippen LogP contribution >= 0.6 is 15.9 Å². The van der Waals surface area contributed by atoms with Crippen molar-refractivity contribution in [3.05, 3.63) is 153 Å². The van der Waals surface area contributed by atoms with Crippen molar-refractivity contribution in [1.29, 1.82) is 0 Å². The number of halogens is 1. The summed E-state index contributed by atoms with van der Waals surface area (Å²) >= 11 is 3.88. The Labute approximate surface area is 383 Å². The van der Waals surface area contributed by atoms with Gasteiger partial charge in [0, 0.05) is 20.7 Å². The molecule has 6 aromatic rings. The molecule has 9 rings (SSSR count). The summed E-state index contributed by atoms with van der Waals surface area (Å²) in [6, 6.07) is 46.0. The van der Waals surface area contributed by atoms with E-state index >= 15 is 0 Å². The number of hydrogen-bond donors (Lipinski definition) is 0. The van der Waals surface area contributed by atoms with E-state index in [2.05, 4.69) is 200 Å². The van der Waals surface area contributed by atoms with Gasteiger partial charge in [-0.3, -0.25) is 0 Å². The first-order chi connectivity index (χ1) is 29.6. The highest BCUT2D eigenvalue weighted by atomic mass is 79.9. The van der Waals surface area contributed by atoms with E-state index in [0.717, 1.165) is 0 Å². The molecule has 0 fully saturated rings. The molecule has 0 spiro atoms. The normalized spacial score (nSPS) is 15.9. The van der Waals surface area contributed by atoms with Crippen LogP contribution in [0.4, 0.5) is 0 Å². The summed E-state index contributed by atoms with van der Waals surface area (Å²) in [7, 11) is 0. The largest absolute Gasteiger partial charge is 0.0628 e. The van der Waals surface area contributed by atoms with Gasteiger partial charge in [0.15, 0.2) is 0 Å². The second-order valence-electron chi connectivity index (χ2n) is 21.8. The van der Waals surface area contributed by atoms with Crippen LogP contribution in [0.2, 0.25) is 0 Å². The first-order valence-electron chi connectivity index (χ1n) is 24.1. The van der Waals surface area contributed by atoms with Gasteiger partial charge in [0.1, 0.15) is 0 Å². The van der Waals surface area contributed by atoms with Crippen molar-refractivity contribution >= 4 is 15.9 Å². The lowest BCUT2D eigenvalue weighted by Crippen LogP contribution is -2.27. The van der Waals surface area contributed by atoms with E-state index in [0.29, 0.717) is 23.7 Å². The fourth-order valence-corrected chi connectivity index (χ4v) is 12.2. The van der Waals surface area contributed by atoms with Crippen molar-refractivity contribution in [2.24, 2.45) is 23.7 Å². The van der Waals surface area contributed by atoms with Crippen molar-refractivity contribution in [2.75, 3.05) is 0 Å². The van der Waals surface area contributed by atoms with Crippen LogP contribution in [0.3, 0.4) is 0 Å². The summed E-state index contributed by atoms with van der Waals surface area (Å²) in [6.45, 7) is 24.0. The first-order valence-corrected chi connectivity index (χ1v) is 24.9. The fourth-order valence-electron chi connectivity index (χ4n) is 11.8. The minimum absolute atomic E-state index is 0.0183. The standard InChI is InChI=1S/C61H69Br/c1-38(2)25-29-60(30-26-39(3)4)53-14-12-11-13-47(53)50-22-17-44(35-56(50)60)42-15-20-48-49-21-16-43(34-55(49)59(9,10)54(48)33-42)45-18-23-51-52-24-19-46(62)37-58(52)61(57(51)36-45,31-27-40(5)6)32-28-41(7)8/h11-24,33-41H,25-32H2,1-10H3. The summed E-state index contributed by atoms with van der Waals surface area (Å²) in [5.41, 5.74) is 22.8. The topological polar surface area (TPSA) is 0 Å². The summed E-state index contributed by atoms with van der Waals surface area (Å²) in [5.74, 6) is 2.67. The smallest absolute Gasteiger partial charge is 0.0216 e. The molecule has 0 nitrogen and oxygen atoms in total. The molecule has 0 saturated heterocycles. The van der Waals surface area contributed by atoms with Crippen LogP contribution in [-0.2, 0) is 16.2 Å². The van der Waals surface area contributed by atoms with Gasteiger partial charge in [0.2, 0.25) is 0 Å². The zero-order chi connectivity index (χ0) is 43.7. The Balaban J connectivity index is 1.09. The molecule has 0 saturated carbocycles. The van der Waals surface area contributed by atoms with E-state index in [1.54, 1.807) is 11.1 Å². The number of benzene rings is 6. The third-order valence-corrected chi connectivity index (χ3v) is 16.0. The van der Waals surface area contributed by atoms with E-state index in [4.69, 9.17) is 0 Å². The van der Waals surface area contributed by atoms with Gasteiger partial charge in [0.05, 0.1) is 0 Å². The zero-order valence-electron chi connectivity index (χ0n) is 39.3. The Morgan fingerprint density at radius 1 is 0.355 bits per heavy atom. The average Bonchev–Trinajstić information content (AvgIpc) is 3.77. The summed E-state index contributed by atoms with van der Waals surface area (Å²) < 4.78 is 1.18. The Morgan fingerprint density at radius 3 is 1.06 bits per heavy atom. The molecule has 6 aromatic carbocycles. The van der Waals surface area contributed by atoms with Gasteiger partial charge in [-0.25, -0.2) is 0 Å². The molecule has 320 valence electrons.